The maximum atomic E-state index is 2.59. The quantitative estimate of drug-likeness (QED) is 0.170. The number of benzene rings is 8. The molecule has 3 heterocycles. The number of hydrogen-bond donors (Lipinski definition) is 0. The maximum absolute atomic E-state index is 2.59. The summed E-state index contributed by atoms with van der Waals surface area (Å²) in [7, 11) is 0. The van der Waals surface area contributed by atoms with Crippen molar-refractivity contribution in [2.45, 2.75) is 51.4 Å². The summed E-state index contributed by atoms with van der Waals surface area (Å²) in [4.78, 5) is 0. The smallest absolute Gasteiger partial charge is 0.0795 e. The second-order valence-electron chi connectivity index (χ2n) is 17.5. The minimum Gasteiger partial charge on any atom is -0.307 e. The zero-order valence-electron chi connectivity index (χ0n) is 32.7. The van der Waals surface area contributed by atoms with E-state index in [4.69, 9.17) is 0 Å². The molecule has 57 heavy (non-hydrogen) atoms. The SMILES string of the molecule is CC1(C)CCC(C)(C)c2cc3c(cc21)c1c2ccccc2c2c4ccccc4n(-c4ccc(-c5cccc6sc7ccccc7c56)cc4)c2c1n3-c1ccccc1. The van der Waals surface area contributed by atoms with Crippen LogP contribution in [0.3, 0.4) is 0 Å². The Morgan fingerprint density at radius 2 is 0.965 bits per heavy atom. The van der Waals surface area contributed by atoms with E-state index in [1.54, 1.807) is 0 Å². The lowest BCUT2D eigenvalue weighted by atomic mass is 9.63. The fourth-order valence-corrected chi connectivity index (χ4v) is 11.6. The van der Waals surface area contributed by atoms with Crippen LogP contribution in [0.25, 0.3) is 97.1 Å². The molecule has 12 rings (SSSR count). The van der Waals surface area contributed by atoms with Crippen LogP contribution in [0.15, 0.2) is 158 Å². The molecular formula is C54H42N2S. The molecule has 0 N–H and O–H groups in total. The van der Waals surface area contributed by atoms with Crippen LogP contribution < -0.4 is 0 Å². The number of fused-ring (bicyclic) bond motifs is 14. The van der Waals surface area contributed by atoms with E-state index in [1.165, 1.54) is 115 Å². The van der Waals surface area contributed by atoms with E-state index in [-0.39, 0.29) is 10.8 Å². The van der Waals surface area contributed by atoms with Crippen LogP contribution in [0, 0.1) is 0 Å². The van der Waals surface area contributed by atoms with Gasteiger partial charge in [0.2, 0.25) is 0 Å². The van der Waals surface area contributed by atoms with Crippen LogP contribution in [0.1, 0.15) is 51.7 Å². The van der Waals surface area contributed by atoms with E-state index >= 15 is 0 Å². The molecule has 1 aliphatic carbocycles. The van der Waals surface area contributed by atoms with E-state index in [0.29, 0.717) is 0 Å². The fourth-order valence-electron chi connectivity index (χ4n) is 10.4. The predicted molar refractivity (Wildman–Crippen MR) is 246 cm³/mol. The first kappa shape index (κ1) is 33.0. The summed E-state index contributed by atoms with van der Waals surface area (Å²) >= 11 is 1.88. The Hall–Kier alpha value is -6.16. The second kappa shape index (κ2) is 11.7. The van der Waals surface area contributed by atoms with Gasteiger partial charge in [0.25, 0.3) is 0 Å². The van der Waals surface area contributed by atoms with E-state index in [9.17, 15) is 0 Å². The van der Waals surface area contributed by atoms with Gasteiger partial charge in [-0.05, 0) is 111 Å². The molecule has 0 amide bonds. The Bertz CT molecular complexity index is 3440. The largest absolute Gasteiger partial charge is 0.307 e. The number of para-hydroxylation sites is 2. The number of thiophene rings is 1. The Labute approximate surface area is 336 Å². The van der Waals surface area contributed by atoms with Crippen molar-refractivity contribution in [2.75, 3.05) is 0 Å². The topological polar surface area (TPSA) is 9.86 Å². The summed E-state index contributed by atoms with van der Waals surface area (Å²) in [5.41, 5.74) is 13.0. The van der Waals surface area contributed by atoms with Crippen LogP contribution in [-0.2, 0) is 10.8 Å². The third-order valence-corrected chi connectivity index (χ3v) is 14.5. The van der Waals surface area contributed by atoms with Crippen LogP contribution in [0.5, 0.6) is 0 Å². The summed E-state index contributed by atoms with van der Waals surface area (Å²) in [6.07, 6.45) is 2.36. The summed E-state index contributed by atoms with van der Waals surface area (Å²) < 4.78 is 7.80. The lowest BCUT2D eigenvalue weighted by Gasteiger charge is -2.42. The molecule has 0 spiro atoms. The molecule has 2 nitrogen and oxygen atoms in total. The second-order valence-corrected chi connectivity index (χ2v) is 18.6. The van der Waals surface area contributed by atoms with Gasteiger partial charge in [0.1, 0.15) is 0 Å². The molecule has 11 aromatic rings. The van der Waals surface area contributed by atoms with Crippen molar-refractivity contribution >= 4 is 85.9 Å². The average molecular weight is 751 g/mol. The fraction of sp³-hybridized carbons (Fsp3) is 0.148. The molecule has 3 aromatic heterocycles. The van der Waals surface area contributed by atoms with Gasteiger partial charge in [-0.3, -0.25) is 0 Å². The molecule has 0 unspecified atom stereocenters. The zero-order valence-corrected chi connectivity index (χ0v) is 33.5. The molecule has 0 bridgehead atoms. The standard InChI is InChI=1S/C54H42N2S/c1-53(2)29-30-54(3,4)43-32-45-41(31-42(43)53)50-38-18-9-8-17-37(38)49-39-19-10-12-22-44(39)55(51(49)52(50)56(45)34-15-6-5-7-16-34)35-27-25-33(26-28-35)36-21-14-24-47-48(36)40-20-11-13-23-46(40)57-47/h5-28,31-32H,29-30H2,1-4H3. The van der Waals surface area contributed by atoms with E-state index in [1.807, 2.05) is 11.3 Å². The van der Waals surface area contributed by atoms with Gasteiger partial charge in [0, 0.05) is 53.1 Å². The first-order valence-electron chi connectivity index (χ1n) is 20.3. The van der Waals surface area contributed by atoms with Gasteiger partial charge in [-0.1, -0.05) is 131 Å². The van der Waals surface area contributed by atoms with Crippen molar-refractivity contribution in [1.82, 2.24) is 9.13 Å². The van der Waals surface area contributed by atoms with Gasteiger partial charge >= 0.3 is 0 Å². The molecular weight excluding hydrogens is 709 g/mol. The molecule has 3 heteroatoms. The number of rotatable bonds is 3. The molecule has 0 saturated heterocycles. The van der Waals surface area contributed by atoms with Crippen LogP contribution in [0.4, 0.5) is 0 Å². The van der Waals surface area contributed by atoms with Gasteiger partial charge < -0.3 is 9.13 Å². The lowest BCUT2D eigenvalue weighted by Crippen LogP contribution is -2.33. The highest BCUT2D eigenvalue weighted by molar-refractivity contribution is 7.25. The minimum absolute atomic E-state index is 0.0880. The first-order chi connectivity index (χ1) is 27.8. The van der Waals surface area contributed by atoms with Gasteiger partial charge in [-0.2, -0.15) is 0 Å². The molecule has 0 saturated carbocycles. The maximum Gasteiger partial charge on any atom is 0.0795 e. The summed E-state index contributed by atoms with van der Waals surface area (Å²) in [6, 6.07) is 59.3. The highest BCUT2D eigenvalue weighted by Crippen LogP contribution is 2.52. The minimum atomic E-state index is 0.0880. The number of aromatic nitrogens is 2. The van der Waals surface area contributed by atoms with Gasteiger partial charge in [0.15, 0.2) is 0 Å². The Morgan fingerprint density at radius 3 is 1.68 bits per heavy atom. The van der Waals surface area contributed by atoms with Crippen molar-refractivity contribution in [1.29, 1.82) is 0 Å². The zero-order chi connectivity index (χ0) is 38.2. The first-order valence-corrected chi connectivity index (χ1v) is 21.1. The van der Waals surface area contributed by atoms with Crippen molar-refractivity contribution in [3.05, 3.63) is 169 Å². The highest BCUT2D eigenvalue weighted by atomic mass is 32.1. The molecule has 1 aliphatic rings. The summed E-state index contributed by atoms with van der Waals surface area (Å²) in [5.74, 6) is 0. The van der Waals surface area contributed by atoms with Gasteiger partial charge in [0.05, 0.1) is 22.1 Å². The molecule has 274 valence electrons. The predicted octanol–water partition coefficient (Wildman–Crippen LogP) is 15.4. The van der Waals surface area contributed by atoms with Crippen LogP contribution >= 0.6 is 11.3 Å². The molecule has 0 aliphatic heterocycles. The van der Waals surface area contributed by atoms with Crippen LogP contribution in [0.2, 0.25) is 0 Å². The average Bonchev–Trinajstić information content (AvgIpc) is 3.91. The summed E-state index contributed by atoms with van der Waals surface area (Å²) in [6.45, 7) is 9.78. The summed E-state index contributed by atoms with van der Waals surface area (Å²) in [5, 5.41) is 10.5. The van der Waals surface area contributed by atoms with Crippen molar-refractivity contribution in [2.24, 2.45) is 0 Å². The third kappa shape index (κ3) is 4.58. The van der Waals surface area contributed by atoms with E-state index < -0.39 is 0 Å². The highest BCUT2D eigenvalue weighted by Gasteiger charge is 2.38. The van der Waals surface area contributed by atoms with Crippen molar-refractivity contribution in [3.63, 3.8) is 0 Å². The van der Waals surface area contributed by atoms with E-state index in [0.717, 1.165) is 5.69 Å². The lowest BCUT2D eigenvalue weighted by molar-refractivity contribution is 0.332. The molecule has 0 radical (unpaired) electrons. The van der Waals surface area contributed by atoms with Crippen LogP contribution in [-0.4, -0.2) is 9.13 Å². The Balaban J connectivity index is 1.23. The van der Waals surface area contributed by atoms with Crippen molar-refractivity contribution < 1.29 is 0 Å². The monoisotopic (exact) mass is 750 g/mol. The number of nitrogens with zero attached hydrogens (tertiary/aromatic N) is 2. The van der Waals surface area contributed by atoms with E-state index in [2.05, 4.69) is 195 Å². The third-order valence-electron chi connectivity index (χ3n) is 13.4. The van der Waals surface area contributed by atoms with Gasteiger partial charge in [-0.15, -0.1) is 11.3 Å². The molecule has 0 fully saturated rings. The van der Waals surface area contributed by atoms with Crippen molar-refractivity contribution in [3.8, 4) is 22.5 Å². The number of hydrogen-bond acceptors (Lipinski definition) is 1. The molecule has 8 aromatic carbocycles. The normalized spacial score (nSPS) is 15.2. The van der Waals surface area contributed by atoms with Gasteiger partial charge in [-0.25, -0.2) is 0 Å². The molecule has 0 atom stereocenters. The Kier molecular flexibility index (Phi) is 6.77. The Morgan fingerprint density at radius 1 is 0.421 bits per heavy atom.